The van der Waals surface area contributed by atoms with Gasteiger partial charge in [-0.25, -0.2) is 0 Å². The summed E-state index contributed by atoms with van der Waals surface area (Å²) in [4.78, 5) is 7.59. The molecule has 2 nitrogen and oxygen atoms in total. The maximum absolute atomic E-state index is 14.4. The van der Waals surface area contributed by atoms with E-state index in [0.717, 1.165) is 0 Å². The molecule has 0 bridgehead atoms. The molecule has 27 heavy (non-hydrogen) atoms. The Kier molecular flexibility index (Phi) is 1.97. The molecule has 0 unspecified atom stereocenters. The van der Waals surface area contributed by atoms with Crippen LogP contribution in [-0.2, 0) is 6.18 Å². The summed E-state index contributed by atoms with van der Waals surface area (Å²) >= 11 is -0.894. The summed E-state index contributed by atoms with van der Waals surface area (Å²) < 4.78 is 125. The van der Waals surface area contributed by atoms with Crippen molar-refractivity contribution in [1.29, 1.82) is 0 Å². The van der Waals surface area contributed by atoms with E-state index in [4.69, 9.17) is 13.7 Å². The van der Waals surface area contributed by atoms with Crippen molar-refractivity contribution < 1.29 is 26.9 Å². The van der Waals surface area contributed by atoms with Gasteiger partial charge in [-0.3, -0.25) is 0 Å². The molecule has 132 valence electrons. The Morgan fingerprint density at radius 1 is 0.889 bits per heavy atom. The Balaban J connectivity index is 2.06. The van der Waals surface area contributed by atoms with E-state index in [2.05, 4.69) is 9.97 Å². The Morgan fingerprint density at radius 2 is 1.63 bits per heavy atom. The van der Waals surface area contributed by atoms with Crippen molar-refractivity contribution >= 4 is 45.8 Å². The molecule has 0 aliphatic heterocycles. The predicted molar refractivity (Wildman–Crippen MR) is 102 cm³/mol. The van der Waals surface area contributed by atoms with E-state index in [-0.39, 0.29) is 31.9 Å². The zero-order valence-electron chi connectivity index (χ0n) is 23.0. The number of nitrogens with zero attached hydrogens (tertiary/aromatic N) is 2. The molecule has 0 N–H and O–H groups in total. The number of fused-ring (bicyclic) bond motifs is 3. The zero-order valence-corrected chi connectivity index (χ0v) is 14.7. The number of benzene rings is 3. The van der Waals surface area contributed by atoms with Gasteiger partial charge < -0.3 is 0 Å². The Hall–Kier alpha value is -2.69. The molecule has 0 atom stereocenters. The predicted octanol–water partition coefficient (Wildman–Crippen LogP) is 5.68. The van der Waals surface area contributed by atoms with Gasteiger partial charge in [0, 0.05) is 0 Å². The zero-order chi connectivity index (χ0) is 27.3. The number of alkyl halides is 3. The van der Waals surface area contributed by atoms with Crippen LogP contribution in [0.3, 0.4) is 0 Å². The first-order chi connectivity index (χ1) is 17.2. The van der Waals surface area contributed by atoms with Gasteiger partial charge in [0.25, 0.3) is 0 Å². The quantitative estimate of drug-likeness (QED) is 0.249. The van der Waals surface area contributed by atoms with Gasteiger partial charge in [-0.05, 0) is 0 Å². The van der Waals surface area contributed by atoms with Gasteiger partial charge in [-0.1, -0.05) is 0 Å². The molecule has 2 heterocycles. The van der Waals surface area contributed by atoms with Crippen LogP contribution >= 0.6 is 0 Å². The molecule has 0 radical (unpaired) electrons. The van der Waals surface area contributed by atoms with E-state index in [9.17, 15) is 13.2 Å². The molecule has 6 heteroatoms. The molecule has 3 aromatic carbocycles. The molecule has 0 saturated heterocycles. The third-order valence-corrected chi connectivity index (χ3v) is 6.12. The third-order valence-electron chi connectivity index (χ3n) is 3.91. The van der Waals surface area contributed by atoms with Gasteiger partial charge in [0.05, 0.1) is 0 Å². The summed E-state index contributed by atoms with van der Waals surface area (Å²) in [5.41, 5.74) is -2.67. The average Bonchev–Trinajstić information content (AvgIpc) is 3.27. The summed E-state index contributed by atoms with van der Waals surface area (Å²) in [6.07, 6.45) is -6.01. The summed E-state index contributed by atoms with van der Waals surface area (Å²) in [5, 5.41) is -1.98. The van der Waals surface area contributed by atoms with Crippen LogP contribution in [0.4, 0.5) is 13.2 Å². The third kappa shape index (κ3) is 2.64. The molecule has 0 aliphatic rings. The number of hydrogen-bond donors (Lipinski definition) is 0. The monoisotopic (exact) mass is 438 g/mol. The minimum atomic E-state index is -5.18. The Labute approximate surface area is 172 Å². The number of aromatic nitrogens is 2. The average molecular weight is 437 g/mol. The van der Waals surface area contributed by atoms with Crippen molar-refractivity contribution in [3.63, 3.8) is 0 Å². The van der Waals surface area contributed by atoms with E-state index >= 15 is 0 Å². The fourth-order valence-electron chi connectivity index (χ4n) is 2.82. The normalized spacial score (nSPS) is 17.4. The van der Waals surface area contributed by atoms with Crippen molar-refractivity contribution in [2.45, 2.75) is 6.18 Å². The van der Waals surface area contributed by atoms with Crippen molar-refractivity contribution in [3.8, 4) is 10.1 Å². The minimum absolute atomic E-state index is 0.129. The molecule has 0 spiro atoms. The fraction of sp³-hybridized carbons (Fsp3) is 0.0476. The van der Waals surface area contributed by atoms with Gasteiger partial charge in [0.15, 0.2) is 0 Å². The van der Waals surface area contributed by atoms with Crippen LogP contribution in [0.2, 0.25) is 0 Å². The molecule has 0 aliphatic carbocycles. The summed E-state index contributed by atoms with van der Waals surface area (Å²) in [6, 6.07) is -4.55. The Bertz CT molecular complexity index is 1790. The van der Waals surface area contributed by atoms with E-state index in [1.54, 1.807) is 0 Å². The summed E-state index contributed by atoms with van der Waals surface area (Å²) in [6.45, 7) is 0. The van der Waals surface area contributed by atoms with Gasteiger partial charge in [-0.2, -0.15) is 0 Å². The summed E-state index contributed by atoms with van der Waals surface area (Å²) in [5.74, 6) is 0. The van der Waals surface area contributed by atoms with Gasteiger partial charge >= 0.3 is 171 Å². The summed E-state index contributed by atoms with van der Waals surface area (Å²) in [7, 11) is 0. The van der Waals surface area contributed by atoms with E-state index in [1.165, 1.54) is 6.07 Å². The number of halogens is 3. The standard InChI is InChI=1S/C21H11F3N2Se/c22-21(23,24)18-14-7-3-1-5-12(14)9-15-19(25-11-26-20(15)18)17-10-13-6-2-4-8-16(13)27-17/h1-11H/i1D,2D,3D,4D,5D,6D,7D,8D,9D,11D. The molecule has 0 fully saturated rings. The molecule has 2 aromatic heterocycles. The van der Waals surface area contributed by atoms with Crippen LogP contribution < -0.4 is 0 Å². The maximum atomic E-state index is 14.4. The number of hydrogen-bond acceptors (Lipinski definition) is 2. The SMILES string of the molecule is [2H]c1nc(-c2cc3c([2H])c([2H])c([2H])c([2H])c3[se]2)c2c([2H])c3c([2H])c([2H])c([2H])c([2H])c3c(C(F)(F)F)c2n1. The van der Waals surface area contributed by atoms with Crippen LogP contribution in [0.1, 0.15) is 19.3 Å². The van der Waals surface area contributed by atoms with Gasteiger partial charge in [-0.15, -0.1) is 0 Å². The van der Waals surface area contributed by atoms with E-state index in [0.29, 0.717) is 0 Å². The molecule has 0 saturated carbocycles. The van der Waals surface area contributed by atoms with Crippen LogP contribution in [0.25, 0.3) is 41.5 Å². The second kappa shape index (κ2) is 5.91. The molecular weight excluding hydrogens is 416 g/mol. The van der Waals surface area contributed by atoms with Crippen molar-refractivity contribution in [1.82, 2.24) is 9.97 Å². The molecule has 5 rings (SSSR count). The Morgan fingerprint density at radius 3 is 2.44 bits per heavy atom. The second-order valence-corrected chi connectivity index (χ2v) is 7.70. The van der Waals surface area contributed by atoms with Crippen LogP contribution in [-0.4, -0.2) is 24.5 Å². The van der Waals surface area contributed by atoms with Crippen LogP contribution in [0.15, 0.2) is 66.8 Å². The molecule has 5 aromatic rings. The van der Waals surface area contributed by atoms with Crippen molar-refractivity contribution in [2.24, 2.45) is 0 Å². The first kappa shape index (κ1) is 9.00. The molecular formula is C21H11F3N2Se. The van der Waals surface area contributed by atoms with Gasteiger partial charge in [0.2, 0.25) is 0 Å². The van der Waals surface area contributed by atoms with E-state index in [1.807, 2.05) is 0 Å². The topological polar surface area (TPSA) is 25.8 Å². The van der Waals surface area contributed by atoms with Crippen molar-refractivity contribution in [2.75, 3.05) is 0 Å². The fourth-order valence-corrected chi connectivity index (χ4v) is 4.84. The van der Waals surface area contributed by atoms with Crippen LogP contribution in [0, 0.1) is 0 Å². The first-order valence-corrected chi connectivity index (χ1v) is 9.16. The van der Waals surface area contributed by atoms with Crippen LogP contribution in [0.5, 0.6) is 0 Å². The number of rotatable bonds is 1. The van der Waals surface area contributed by atoms with E-state index < -0.39 is 96.5 Å². The molecule has 0 amide bonds. The van der Waals surface area contributed by atoms with Gasteiger partial charge in [0.1, 0.15) is 0 Å². The first-order valence-electron chi connectivity index (χ1n) is 12.4. The van der Waals surface area contributed by atoms with Crippen molar-refractivity contribution in [3.05, 3.63) is 72.3 Å². The second-order valence-electron chi connectivity index (χ2n) is 5.50.